The molecule has 1 aliphatic heterocycles. The second kappa shape index (κ2) is 61.4. The molecule has 12 aromatic rings. The van der Waals surface area contributed by atoms with Gasteiger partial charge in [0, 0.05) is 76.0 Å². The van der Waals surface area contributed by atoms with E-state index in [9.17, 15) is 22.0 Å². The molecule has 1 aliphatic carbocycles. The molecule has 0 atom stereocenters. The average Bonchev–Trinajstić information content (AvgIpc) is 1.13. The highest BCUT2D eigenvalue weighted by Gasteiger charge is 2.21. The van der Waals surface area contributed by atoms with Gasteiger partial charge in [-0.25, -0.2) is 26.3 Å². The number of carbonyl (C=O) groups excluding carboxylic acids is 1. The van der Waals surface area contributed by atoms with Crippen molar-refractivity contribution in [3.63, 3.8) is 0 Å². The van der Waals surface area contributed by atoms with Crippen molar-refractivity contribution in [2.75, 3.05) is 33.0 Å². The number of rotatable bonds is 5. The summed E-state index contributed by atoms with van der Waals surface area (Å²) in [5.41, 5.74) is 4.05. The number of benzene rings is 6. The maximum Gasteiger partial charge on any atom is 0.315 e. The van der Waals surface area contributed by atoms with Crippen LogP contribution >= 0.6 is 11.3 Å². The Bertz CT molecular complexity index is 3640. The van der Waals surface area contributed by atoms with E-state index in [0.29, 0.717) is 11.3 Å². The van der Waals surface area contributed by atoms with Crippen molar-refractivity contribution in [2.45, 2.75) is 113 Å². The molecule has 0 spiro atoms. The lowest BCUT2D eigenvalue weighted by molar-refractivity contribution is 0.0919. The summed E-state index contributed by atoms with van der Waals surface area (Å²) in [6, 6.07) is 63.4. The van der Waals surface area contributed by atoms with Crippen LogP contribution in [0.5, 0.6) is 5.75 Å². The molecular formula is C79H100F2N12O7S2. The van der Waals surface area contributed by atoms with Gasteiger partial charge in [0.15, 0.2) is 17.8 Å². The lowest BCUT2D eigenvalue weighted by Gasteiger charge is -2.24. The van der Waals surface area contributed by atoms with Gasteiger partial charge in [-0.2, -0.15) is 15.1 Å². The van der Waals surface area contributed by atoms with E-state index in [1.807, 2.05) is 155 Å². The zero-order chi connectivity index (χ0) is 74.8. The number of para-hydroxylation sites is 2. The molecule has 1 saturated carbocycles. The minimum absolute atomic E-state index is 0.0162. The largest absolute Gasteiger partial charge is 0.497 e. The highest BCUT2D eigenvalue weighted by Crippen LogP contribution is 2.16. The number of nitrogens with zero attached hydrogens (tertiary/aromatic N) is 11. The minimum Gasteiger partial charge on any atom is -0.497 e. The predicted octanol–water partition coefficient (Wildman–Crippen LogP) is 19.0. The predicted molar refractivity (Wildman–Crippen MR) is 405 cm³/mol. The van der Waals surface area contributed by atoms with Crippen molar-refractivity contribution in [1.82, 2.24) is 54.8 Å². The first kappa shape index (κ1) is 89.3. The summed E-state index contributed by atoms with van der Waals surface area (Å²) in [6.07, 6.45) is 26.1. The van der Waals surface area contributed by atoms with Gasteiger partial charge in [-0.15, -0.1) is 11.3 Å². The quantitative estimate of drug-likeness (QED) is 0.158. The lowest BCUT2D eigenvalue weighted by Crippen LogP contribution is -2.36. The van der Waals surface area contributed by atoms with Crippen molar-refractivity contribution >= 4 is 33.0 Å². The van der Waals surface area contributed by atoms with Crippen LogP contribution in [0.4, 0.5) is 14.5 Å². The summed E-state index contributed by atoms with van der Waals surface area (Å²) in [6.45, 7) is 21.5. The van der Waals surface area contributed by atoms with Crippen molar-refractivity contribution in [3.8, 4) is 5.75 Å². The van der Waals surface area contributed by atoms with Crippen LogP contribution in [-0.2, 0) is 23.5 Å². The second-order valence-electron chi connectivity index (χ2n) is 21.2. The summed E-state index contributed by atoms with van der Waals surface area (Å²) in [5.74, 6) is 2.08. The van der Waals surface area contributed by atoms with Crippen LogP contribution in [0.25, 0.3) is 4.85 Å². The zero-order valence-corrected chi connectivity index (χ0v) is 62.0. The second-order valence-corrected chi connectivity index (χ2v) is 24.6. The Hall–Kier alpha value is -10.7. The van der Waals surface area contributed by atoms with Crippen LogP contribution in [0, 0.1) is 52.8 Å². The van der Waals surface area contributed by atoms with E-state index in [-0.39, 0.29) is 29.2 Å². The number of pyridine rings is 1. The maximum absolute atomic E-state index is 12.3. The van der Waals surface area contributed by atoms with Gasteiger partial charge in [-0.3, -0.25) is 19.4 Å². The van der Waals surface area contributed by atoms with Gasteiger partial charge in [-0.05, 0) is 108 Å². The molecule has 14 rings (SSSR count). The Morgan fingerprint density at radius 3 is 1.38 bits per heavy atom. The van der Waals surface area contributed by atoms with Gasteiger partial charge in [0.2, 0.25) is 16.4 Å². The molecule has 2 aliphatic rings. The minimum atomic E-state index is -2.89. The van der Waals surface area contributed by atoms with Crippen molar-refractivity contribution in [1.29, 1.82) is 0 Å². The van der Waals surface area contributed by atoms with Crippen LogP contribution in [-0.4, -0.2) is 96.8 Å². The Kier molecular flexibility index (Phi) is 53.8. The first-order valence-electron chi connectivity index (χ1n) is 33.2. The number of sulfonamides is 1. The SMILES string of the molecule is C1CCCCC1.CCS(=O)(=O)N1CCCCC1.CCc1ncon1.CNC(=O)c1ncno1.COc1ccccc1.Cc1ccccc1.Cc1ccccc1.Cc1ccccc1F.Cc1ccno1.Cc1nccs1.Cn1cccn1.Fc1ccccc1.[C-]#[N+]c1ccccc1.c1ccncc1. The normalized spacial score (nSPS) is 11.0. The molecule has 19 nitrogen and oxygen atoms in total. The molecule has 544 valence electrons. The fraction of sp³-hybridized carbons (Fsp3) is 0.291. The number of aryl methyl sites for hydroxylation is 7. The van der Waals surface area contributed by atoms with Gasteiger partial charge in [0.25, 0.3) is 0 Å². The number of ether oxygens (including phenoxy) is 1. The molecule has 23 heteroatoms. The number of hydrogen-bond donors (Lipinski definition) is 1. The highest BCUT2D eigenvalue weighted by molar-refractivity contribution is 7.89. The third kappa shape index (κ3) is 51.5. The number of thiazole rings is 1. The van der Waals surface area contributed by atoms with E-state index in [1.165, 1.54) is 94.0 Å². The van der Waals surface area contributed by atoms with Crippen LogP contribution in [0.2, 0.25) is 0 Å². The van der Waals surface area contributed by atoms with Crippen LogP contribution < -0.4 is 10.1 Å². The van der Waals surface area contributed by atoms with Crippen LogP contribution in [0.1, 0.15) is 116 Å². The molecule has 6 aromatic heterocycles. The molecule has 0 bridgehead atoms. The van der Waals surface area contributed by atoms with E-state index >= 15 is 0 Å². The molecular weight excluding hydrogens is 1330 g/mol. The third-order valence-corrected chi connectivity index (χ3v) is 15.5. The summed E-state index contributed by atoms with van der Waals surface area (Å²) in [4.78, 5) is 28.8. The number of hydrogen-bond acceptors (Lipinski definition) is 16. The number of piperidine rings is 1. The van der Waals surface area contributed by atoms with Crippen molar-refractivity contribution < 1.29 is 40.3 Å². The Morgan fingerprint density at radius 2 is 1.13 bits per heavy atom. The highest BCUT2D eigenvalue weighted by atomic mass is 32.2. The van der Waals surface area contributed by atoms with E-state index < -0.39 is 10.0 Å². The molecule has 0 radical (unpaired) electrons. The molecule has 1 saturated heterocycles. The first-order chi connectivity index (χ1) is 49.5. The summed E-state index contributed by atoms with van der Waals surface area (Å²) in [5, 5.41) is 19.5. The molecule has 102 heavy (non-hydrogen) atoms. The first-order valence-corrected chi connectivity index (χ1v) is 35.7. The van der Waals surface area contributed by atoms with Gasteiger partial charge >= 0.3 is 11.8 Å². The van der Waals surface area contributed by atoms with Gasteiger partial charge in [0.1, 0.15) is 23.1 Å². The van der Waals surface area contributed by atoms with Gasteiger partial charge in [-0.1, -0.05) is 230 Å². The topological polar surface area (TPSA) is 228 Å². The Balaban J connectivity index is 0.000000551. The number of halogens is 2. The number of nitrogens with one attached hydrogen (secondary N) is 1. The van der Waals surface area contributed by atoms with Crippen molar-refractivity contribution in [3.05, 3.63) is 324 Å². The van der Waals surface area contributed by atoms with E-state index in [2.05, 4.69) is 102 Å². The standard InChI is InChI=1S/C7H7F.C7H15NO2S.C7H5N.C7H8O.2C7H8.C6H5F.C6H12.C5H5N.C4H5N3O2.C4H6N2O.C4H6N2.C4H5NO.C4H5NS/c1-6-4-2-3-5-7(6)8;1-2-11(9,10)8-6-4-3-5-7-8;2*1-8-7-5-3-2-4-6-7;2*1-7-5-3-2-4-6-7;7-6-4-2-1-3-5-6;2*1-2-4-6-5-3-1;1-5-3(8)4-6-2-7-9-4;1-2-4-5-3-7-6-4;1-6-4-2-3-5-6;1-4-2-3-5-6-4;1-4-5-2-3-6-4/h2-5H,1H3;2-7H2,1H3;2-6H;2-6H,1H3;2*2-6H,1H3;1-5H;1-6H2;1-5H;2H,1H3,(H,5,8);3H,2H2,1H3;2-4H,1H3;2*2-3H,1H3. The molecule has 2 fully saturated rings. The Morgan fingerprint density at radius 1 is 0.608 bits per heavy atom. The van der Waals surface area contributed by atoms with Crippen LogP contribution in [0.15, 0.2) is 275 Å². The number of amides is 1. The van der Waals surface area contributed by atoms with Crippen LogP contribution in [0.3, 0.4) is 0 Å². The summed E-state index contributed by atoms with van der Waals surface area (Å²) in [7, 11) is 2.16. The molecule has 0 unspecified atom stereocenters. The van der Waals surface area contributed by atoms with E-state index in [4.69, 9.17) is 11.3 Å². The molecule has 1 amide bonds. The molecule has 7 heterocycles. The number of carbonyl (C=O) groups is 1. The zero-order valence-electron chi connectivity index (χ0n) is 60.4. The molecule has 6 aromatic carbocycles. The third-order valence-electron chi connectivity index (χ3n) is 13.0. The fourth-order valence-corrected chi connectivity index (χ4v) is 9.06. The van der Waals surface area contributed by atoms with Gasteiger partial charge in [0.05, 0.1) is 30.6 Å². The summed E-state index contributed by atoms with van der Waals surface area (Å²) >= 11 is 1.67. The van der Waals surface area contributed by atoms with E-state index in [0.717, 1.165) is 54.7 Å². The number of methoxy groups -OCH3 is 1. The smallest absolute Gasteiger partial charge is 0.315 e. The number of aromatic nitrogens is 9. The Labute approximate surface area is 607 Å². The molecule has 1 N–H and O–H groups in total. The fourth-order valence-electron chi connectivity index (χ4n) is 7.44. The van der Waals surface area contributed by atoms with Gasteiger partial charge < -0.3 is 23.6 Å². The maximum atomic E-state index is 12.3. The average molecular weight is 1430 g/mol. The lowest BCUT2D eigenvalue weighted by atomic mass is 10.0. The summed E-state index contributed by atoms with van der Waals surface area (Å²) < 4.78 is 68.5. The van der Waals surface area contributed by atoms with Crippen molar-refractivity contribution in [2.24, 2.45) is 7.05 Å². The monoisotopic (exact) mass is 1430 g/mol. The van der Waals surface area contributed by atoms with E-state index in [1.54, 1.807) is 121 Å².